The molecule has 1 fully saturated rings. The van der Waals surface area contributed by atoms with Crippen LogP contribution < -0.4 is 4.74 Å². The van der Waals surface area contributed by atoms with Crippen LogP contribution in [0, 0.1) is 0 Å². The fourth-order valence-corrected chi connectivity index (χ4v) is 5.34. The van der Waals surface area contributed by atoms with Crippen molar-refractivity contribution in [2.24, 2.45) is 0 Å². The zero-order valence-electron chi connectivity index (χ0n) is 11.0. The highest BCUT2D eigenvalue weighted by Gasteiger charge is 2.34. The molecule has 0 spiro atoms. The van der Waals surface area contributed by atoms with Crippen LogP contribution in [-0.4, -0.2) is 31.9 Å². The molecule has 1 aromatic rings. The topological polar surface area (TPSA) is 43.4 Å². The van der Waals surface area contributed by atoms with E-state index in [1.165, 1.54) is 0 Å². The lowest BCUT2D eigenvalue weighted by Gasteiger charge is -2.26. The number of para-hydroxylation sites is 1. The Morgan fingerprint density at radius 2 is 2.11 bits per heavy atom. The van der Waals surface area contributed by atoms with Crippen molar-refractivity contribution in [3.63, 3.8) is 0 Å². The van der Waals surface area contributed by atoms with Crippen molar-refractivity contribution in [3.05, 3.63) is 29.8 Å². The molecule has 0 aliphatic carbocycles. The van der Waals surface area contributed by atoms with Crippen LogP contribution in [-0.2, 0) is 16.3 Å². The van der Waals surface area contributed by atoms with Crippen LogP contribution in [0.3, 0.4) is 0 Å². The highest BCUT2D eigenvalue weighted by Crippen LogP contribution is 2.29. The van der Waals surface area contributed by atoms with Gasteiger partial charge in [0.1, 0.15) is 5.75 Å². The molecule has 0 N–H and O–H groups in total. The number of alkyl halides is 1. The minimum atomic E-state index is -3.04. The molecular weight excluding hydrogens is 284 g/mol. The maximum absolute atomic E-state index is 12.1. The summed E-state index contributed by atoms with van der Waals surface area (Å²) in [5.74, 6) is 1.04. The molecule has 1 saturated heterocycles. The quantitative estimate of drug-likeness (QED) is 0.803. The summed E-state index contributed by atoms with van der Waals surface area (Å²) in [4.78, 5) is 0. The van der Waals surface area contributed by atoms with Gasteiger partial charge in [-0.3, -0.25) is 0 Å². The molecule has 0 amide bonds. The second-order valence-electron chi connectivity index (χ2n) is 4.93. The van der Waals surface area contributed by atoms with Gasteiger partial charge in [0.25, 0.3) is 0 Å². The normalized spacial score (nSPS) is 23.8. The highest BCUT2D eigenvalue weighted by molar-refractivity contribution is 7.92. The minimum absolute atomic E-state index is 0.271. The summed E-state index contributed by atoms with van der Waals surface area (Å²) in [7, 11) is -1.42. The van der Waals surface area contributed by atoms with Gasteiger partial charge in [-0.1, -0.05) is 24.6 Å². The Bertz CT molecular complexity index is 527. The molecule has 0 saturated carbocycles. The van der Waals surface area contributed by atoms with E-state index in [-0.39, 0.29) is 11.1 Å². The maximum Gasteiger partial charge on any atom is 0.154 e. The summed E-state index contributed by atoms with van der Waals surface area (Å²) < 4.78 is 29.4. The number of rotatable bonds is 4. The Hall–Kier alpha value is -0.740. The Kier molecular flexibility index (Phi) is 4.74. The predicted molar refractivity (Wildman–Crippen MR) is 77.8 cm³/mol. The summed E-state index contributed by atoms with van der Waals surface area (Å²) in [5, 5.41) is -0.811. The fraction of sp³-hybridized carbons (Fsp3) is 0.571. The van der Waals surface area contributed by atoms with Crippen LogP contribution in [0.1, 0.15) is 24.8 Å². The van der Waals surface area contributed by atoms with Crippen molar-refractivity contribution >= 4 is 21.4 Å². The van der Waals surface area contributed by atoms with Gasteiger partial charge in [-0.15, -0.1) is 11.6 Å². The van der Waals surface area contributed by atoms with E-state index in [9.17, 15) is 8.42 Å². The SMILES string of the molecule is COc1ccccc1CC(Cl)C1CCCCS1(=O)=O. The predicted octanol–water partition coefficient (Wildman–Crippen LogP) is 2.81. The van der Waals surface area contributed by atoms with Gasteiger partial charge < -0.3 is 4.74 Å². The fourth-order valence-electron chi connectivity index (χ4n) is 2.60. The van der Waals surface area contributed by atoms with Crippen LogP contribution in [0.2, 0.25) is 0 Å². The largest absolute Gasteiger partial charge is 0.496 e. The molecule has 2 unspecified atom stereocenters. The van der Waals surface area contributed by atoms with Crippen molar-refractivity contribution in [1.29, 1.82) is 0 Å². The van der Waals surface area contributed by atoms with E-state index in [0.717, 1.165) is 24.2 Å². The van der Waals surface area contributed by atoms with Gasteiger partial charge in [0, 0.05) is 0 Å². The molecule has 0 aromatic heterocycles. The lowest BCUT2D eigenvalue weighted by Crippen LogP contribution is -2.36. The van der Waals surface area contributed by atoms with Crippen LogP contribution in [0.4, 0.5) is 0 Å². The molecular formula is C14H19ClO3S. The van der Waals surface area contributed by atoms with Crippen molar-refractivity contribution in [2.45, 2.75) is 36.3 Å². The van der Waals surface area contributed by atoms with Crippen molar-refractivity contribution in [2.75, 3.05) is 12.9 Å². The molecule has 106 valence electrons. The zero-order valence-corrected chi connectivity index (χ0v) is 12.6. The molecule has 1 heterocycles. The van der Waals surface area contributed by atoms with Crippen molar-refractivity contribution < 1.29 is 13.2 Å². The second-order valence-corrected chi connectivity index (χ2v) is 7.83. The van der Waals surface area contributed by atoms with Crippen LogP contribution in [0.25, 0.3) is 0 Å². The number of hydrogen-bond acceptors (Lipinski definition) is 3. The van der Waals surface area contributed by atoms with Gasteiger partial charge in [-0.25, -0.2) is 8.42 Å². The van der Waals surface area contributed by atoms with E-state index in [0.29, 0.717) is 12.8 Å². The molecule has 2 rings (SSSR count). The van der Waals surface area contributed by atoms with E-state index < -0.39 is 15.1 Å². The standard InChI is InChI=1S/C14H19ClO3S/c1-18-13-7-3-2-6-11(13)10-12(15)14-8-4-5-9-19(14,16)17/h2-3,6-7,12,14H,4-5,8-10H2,1H3. The molecule has 5 heteroatoms. The maximum atomic E-state index is 12.1. The zero-order chi connectivity index (χ0) is 13.9. The third kappa shape index (κ3) is 3.42. The Morgan fingerprint density at radius 3 is 2.79 bits per heavy atom. The summed E-state index contributed by atoms with van der Waals surface area (Å²) in [6.07, 6.45) is 2.90. The van der Waals surface area contributed by atoms with E-state index in [1.54, 1.807) is 7.11 Å². The minimum Gasteiger partial charge on any atom is -0.496 e. The van der Waals surface area contributed by atoms with E-state index >= 15 is 0 Å². The van der Waals surface area contributed by atoms with Gasteiger partial charge in [0.2, 0.25) is 0 Å². The highest BCUT2D eigenvalue weighted by atomic mass is 35.5. The van der Waals surface area contributed by atoms with Gasteiger partial charge in [-0.05, 0) is 30.9 Å². The van der Waals surface area contributed by atoms with Gasteiger partial charge >= 0.3 is 0 Å². The van der Waals surface area contributed by atoms with Crippen LogP contribution in [0.15, 0.2) is 24.3 Å². The Morgan fingerprint density at radius 1 is 1.37 bits per heavy atom. The molecule has 3 nitrogen and oxygen atoms in total. The van der Waals surface area contributed by atoms with Crippen LogP contribution >= 0.6 is 11.6 Å². The number of sulfone groups is 1. The molecule has 1 aliphatic rings. The first kappa shape index (κ1) is 14.7. The second kappa shape index (κ2) is 6.14. The van der Waals surface area contributed by atoms with E-state index in [1.807, 2.05) is 24.3 Å². The lowest BCUT2D eigenvalue weighted by molar-refractivity contribution is 0.408. The van der Waals surface area contributed by atoms with Gasteiger partial charge in [0.05, 0.1) is 23.5 Å². The van der Waals surface area contributed by atoms with E-state index in [4.69, 9.17) is 16.3 Å². The Labute approximate surface area is 119 Å². The third-order valence-corrected chi connectivity index (χ3v) is 6.59. The number of benzene rings is 1. The molecule has 2 atom stereocenters. The summed E-state index contributed by atoms with van der Waals surface area (Å²) in [6.45, 7) is 0. The average Bonchev–Trinajstić information content (AvgIpc) is 2.38. The molecule has 1 aliphatic heterocycles. The van der Waals surface area contributed by atoms with E-state index in [2.05, 4.69) is 0 Å². The summed E-state index contributed by atoms with van der Waals surface area (Å²) >= 11 is 6.37. The molecule has 0 bridgehead atoms. The summed E-state index contributed by atoms with van der Waals surface area (Å²) in [6, 6.07) is 7.61. The molecule has 0 radical (unpaired) electrons. The molecule has 19 heavy (non-hydrogen) atoms. The number of methoxy groups -OCH3 is 1. The number of hydrogen-bond donors (Lipinski definition) is 0. The smallest absolute Gasteiger partial charge is 0.154 e. The van der Waals surface area contributed by atoms with Gasteiger partial charge in [-0.2, -0.15) is 0 Å². The lowest BCUT2D eigenvalue weighted by atomic mass is 10.0. The van der Waals surface area contributed by atoms with Crippen molar-refractivity contribution in [1.82, 2.24) is 0 Å². The Balaban J connectivity index is 2.14. The first-order valence-electron chi connectivity index (χ1n) is 6.52. The van der Waals surface area contributed by atoms with Crippen LogP contribution in [0.5, 0.6) is 5.75 Å². The number of ether oxygens (including phenoxy) is 1. The molecule has 1 aromatic carbocycles. The number of halogens is 1. The van der Waals surface area contributed by atoms with Gasteiger partial charge in [0.15, 0.2) is 9.84 Å². The van der Waals surface area contributed by atoms with Crippen molar-refractivity contribution in [3.8, 4) is 5.75 Å². The summed E-state index contributed by atoms with van der Waals surface area (Å²) in [5.41, 5.74) is 0.964. The average molecular weight is 303 g/mol. The monoisotopic (exact) mass is 302 g/mol. The third-order valence-electron chi connectivity index (χ3n) is 3.64. The first-order chi connectivity index (χ1) is 9.04. The first-order valence-corrected chi connectivity index (χ1v) is 8.67.